The van der Waals surface area contributed by atoms with E-state index in [1.807, 2.05) is 0 Å². The molecule has 1 aromatic heterocycles. The van der Waals surface area contributed by atoms with Crippen LogP contribution in [0.2, 0.25) is 0 Å². The van der Waals surface area contributed by atoms with Gasteiger partial charge in [0.25, 0.3) is 0 Å². The van der Waals surface area contributed by atoms with Gasteiger partial charge in [-0.25, -0.2) is 4.98 Å². The summed E-state index contributed by atoms with van der Waals surface area (Å²) < 4.78 is 0. The van der Waals surface area contributed by atoms with E-state index in [1.54, 1.807) is 11.3 Å². The van der Waals surface area contributed by atoms with Gasteiger partial charge in [0.15, 0.2) is 0 Å². The number of piperazine rings is 1. The van der Waals surface area contributed by atoms with E-state index in [2.05, 4.69) is 34.4 Å². The van der Waals surface area contributed by atoms with Gasteiger partial charge in [0.1, 0.15) is 0 Å². The standard InChI is InChI=1S/C12H21N3S/c1-10(7-12-14-11(2)9-16-12)8-15-5-3-13-4-6-15/h9-10,13H,3-8H2,1-2H3. The van der Waals surface area contributed by atoms with Crippen LogP contribution < -0.4 is 5.32 Å². The van der Waals surface area contributed by atoms with Crippen LogP contribution in [0.3, 0.4) is 0 Å². The van der Waals surface area contributed by atoms with Gasteiger partial charge in [-0.1, -0.05) is 6.92 Å². The van der Waals surface area contributed by atoms with E-state index in [1.165, 1.54) is 24.6 Å². The van der Waals surface area contributed by atoms with Gasteiger partial charge in [-0.15, -0.1) is 11.3 Å². The van der Waals surface area contributed by atoms with Crippen LogP contribution >= 0.6 is 11.3 Å². The quantitative estimate of drug-likeness (QED) is 0.864. The summed E-state index contributed by atoms with van der Waals surface area (Å²) in [6.45, 7) is 10.3. The molecule has 1 N–H and O–H groups in total. The highest BCUT2D eigenvalue weighted by atomic mass is 32.1. The first-order valence-corrected chi connectivity index (χ1v) is 6.96. The Hall–Kier alpha value is -0.450. The summed E-state index contributed by atoms with van der Waals surface area (Å²) in [5, 5.41) is 6.83. The zero-order valence-electron chi connectivity index (χ0n) is 10.2. The second-order valence-corrected chi connectivity index (χ2v) is 5.69. The molecule has 0 saturated carbocycles. The van der Waals surface area contributed by atoms with Crippen LogP contribution in [0.1, 0.15) is 17.6 Å². The predicted octanol–water partition coefficient (Wildman–Crippen LogP) is 1.54. The van der Waals surface area contributed by atoms with Crippen LogP contribution in [0.15, 0.2) is 5.38 Å². The molecule has 3 nitrogen and oxygen atoms in total. The van der Waals surface area contributed by atoms with Gasteiger partial charge in [0.2, 0.25) is 0 Å². The van der Waals surface area contributed by atoms with Crippen molar-refractivity contribution in [3.8, 4) is 0 Å². The summed E-state index contributed by atoms with van der Waals surface area (Å²) in [6.07, 6.45) is 1.13. The normalized spacial score (nSPS) is 19.9. The van der Waals surface area contributed by atoms with E-state index in [0.29, 0.717) is 5.92 Å². The number of aryl methyl sites for hydroxylation is 1. The maximum atomic E-state index is 4.53. The highest BCUT2D eigenvalue weighted by Crippen LogP contribution is 2.14. The molecule has 16 heavy (non-hydrogen) atoms. The molecule has 90 valence electrons. The van der Waals surface area contributed by atoms with Crippen molar-refractivity contribution in [2.45, 2.75) is 20.3 Å². The lowest BCUT2D eigenvalue weighted by Crippen LogP contribution is -2.45. The van der Waals surface area contributed by atoms with Gasteiger partial charge in [0.05, 0.1) is 5.01 Å². The first kappa shape index (κ1) is 12.0. The molecule has 2 heterocycles. The molecule has 1 aromatic rings. The zero-order valence-corrected chi connectivity index (χ0v) is 11.0. The van der Waals surface area contributed by atoms with Crippen molar-refractivity contribution in [1.29, 1.82) is 0 Å². The SMILES string of the molecule is Cc1csc(CC(C)CN2CCNCC2)n1. The third-order valence-electron chi connectivity index (χ3n) is 2.97. The van der Waals surface area contributed by atoms with Crippen molar-refractivity contribution in [1.82, 2.24) is 15.2 Å². The molecule has 4 heteroatoms. The topological polar surface area (TPSA) is 28.2 Å². The zero-order chi connectivity index (χ0) is 11.4. The molecule has 0 radical (unpaired) electrons. The Morgan fingerprint density at radius 1 is 1.50 bits per heavy atom. The lowest BCUT2D eigenvalue weighted by molar-refractivity contribution is 0.211. The number of nitrogens with zero attached hydrogens (tertiary/aromatic N) is 2. The monoisotopic (exact) mass is 239 g/mol. The summed E-state index contributed by atoms with van der Waals surface area (Å²) in [5.41, 5.74) is 1.16. The van der Waals surface area contributed by atoms with Crippen LogP contribution in [0.25, 0.3) is 0 Å². The maximum absolute atomic E-state index is 4.53. The van der Waals surface area contributed by atoms with Gasteiger partial charge >= 0.3 is 0 Å². The van der Waals surface area contributed by atoms with Gasteiger partial charge in [-0.3, -0.25) is 0 Å². The van der Waals surface area contributed by atoms with Gasteiger partial charge in [-0.05, 0) is 12.8 Å². The van der Waals surface area contributed by atoms with Crippen molar-refractivity contribution >= 4 is 11.3 Å². The first-order chi connectivity index (χ1) is 7.74. The predicted molar refractivity (Wildman–Crippen MR) is 69.0 cm³/mol. The third kappa shape index (κ3) is 3.54. The molecule has 1 unspecified atom stereocenters. The molecule has 1 atom stereocenters. The molecule has 0 amide bonds. The van der Waals surface area contributed by atoms with Gasteiger partial charge in [0, 0.05) is 50.2 Å². The Morgan fingerprint density at radius 3 is 2.88 bits per heavy atom. The fraction of sp³-hybridized carbons (Fsp3) is 0.750. The van der Waals surface area contributed by atoms with Crippen molar-refractivity contribution < 1.29 is 0 Å². The number of rotatable bonds is 4. The molecule has 0 bridgehead atoms. The Kier molecular flexibility index (Phi) is 4.32. The minimum atomic E-state index is 0.712. The number of aromatic nitrogens is 1. The lowest BCUT2D eigenvalue weighted by Gasteiger charge is -2.29. The van der Waals surface area contributed by atoms with E-state index in [0.717, 1.165) is 25.2 Å². The summed E-state index contributed by atoms with van der Waals surface area (Å²) in [4.78, 5) is 7.09. The molecule has 1 saturated heterocycles. The molecule has 0 spiro atoms. The van der Waals surface area contributed by atoms with Crippen LogP contribution in [0.4, 0.5) is 0 Å². The van der Waals surface area contributed by atoms with Gasteiger partial charge in [-0.2, -0.15) is 0 Å². The molecule has 1 fully saturated rings. The van der Waals surface area contributed by atoms with Crippen LogP contribution in [-0.4, -0.2) is 42.6 Å². The smallest absolute Gasteiger partial charge is 0.0931 e. The second kappa shape index (κ2) is 5.75. The molecule has 2 rings (SSSR count). The first-order valence-electron chi connectivity index (χ1n) is 6.08. The Bertz CT molecular complexity index is 318. The van der Waals surface area contributed by atoms with E-state index in [-0.39, 0.29) is 0 Å². The summed E-state index contributed by atoms with van der Waals surface area (Å²) in [7, 11) is 0. The van der Waals surface area contributed by atoms with E-state index >= 15 is 0 Å². The summed E-state index contributed by atoms with van der Waals surface area (Å²) >= 11 is 1.80. The number of nitrogens with one attached hydrogen (secondary N) is 1. The summed E-state index contributed by atoms with van der Waals surface area (Å²) in [6, 6.07) is 0. The van der Waals surface area contributed by atoms with Crippen molar-refractivity contribution in [2.24, 2.45) is 5.92 Å². The van der Waals surface area contributed by atoms with Crippen LogP contribution in [0.5, 0.6) is 0 Å². The molecule has 0 aliphatic carbocycles. The maximum Gasteiger partial charge on any atom is 0.0931 e. The molecular weight excluding hydrogens is 218 g/mol. The lowest BCUT2D eigenvalue weighted by atomic mass is 10.1. The number of hydrogen-bond acceptors (Lipinski definition) is 4. The van der Waals surface area contributed by atoms with Crippen LogP contribution in [0, 0.1) is 12.8 Å². The number of hydrogen-bond donors (Lipinski definition) is 1. The van der Waals surface area contributed by atoms with E-state index in [4.69, 9.17) is 0 Å². The summed E-state index contributed by atoms with van der Waals surface area (Å²) in [5.74, 6) is 0.712. The third-order valence-corrected chi connectivity index (χ3v) is 3.96. The van der Waals surface area contributed by atoms with Crippen molar-refractivity contribution in [2.75, 3.05) is 32.7 Å². The van der Waals surface area contributed by atoms with Gasteiger partial charge < -0.3 is 10.2 Å². The average Bonchev–Trinajstić information content (AvgIpc) is 2.65. The minimum Gasteiger partial charge on any atom is -0.314 e. The Labute approximate surface area is 102 Å². The molecule has 1 aliphatic rings. The molecule has 0 aromatic carbocycles. The minimum absolute atomic E-state index is 0.712. The highest BCUT2D eigenvalue weighted by molar-refractivity contribution is 7.09. The largest absolute Gasteiger partial charge is 0.314 e. The molecular formula is C12H21N3S. The fourth-order valence-corrected chi connectivity index (χ4v) is 3.13. The Balaban J connectivity index is 1.77. The highest BCUT2D eigenvalue weighted by Gasteiger charge is 2.14. The van der Waals surface area contributed by atoms with E-state index in [9.17, 15) is 0 Å². The second-order valence-electron chi connectivity index (χ2n) is 4.74. The van der Waals surface area contributed by atoms with Crippen molar-refractivity contribution in [3.63, 3.8) is 0 Å². The molecule has 1 aliphatic heterocycles. The van der Waals surface area contributed by atoms with Crippen molar-refractivity contribution in [3.05, 3.63) is 16.1 Å². The number of thiazole rings is 1. The fourth-order valence-electron chi connectivity index (χ4n) is 2.19. The van der Waals surface area contributed by atoms with Crippen LogP contribution in [-0.2, 0) is 6.42 Å². The Morgan fingerprint density at radius 2 is 2.25 bits per heavy atom. The van der Waals surface area contributed by atoms with E-state index < -0.39 is 0 Å². The average molecular weight is 239 g/mol.